The van der Waals surface area contributed by atoms with Crippen LogP contribution >= 0.6 is 27.5 Å². The Labute approximate surface area is 78.0 Å². The second-order valence-electron chi connectivity index (χ2n) is 1.64. The SMILES string of the molecule is C=C/C(Cl)=C(\C(=C)Br)C(=O)O. The molecule has 0 aliphatic rings. The molecular formula is C7H6BrClO2. The molecule has 0 unspecified atom stereocenters. The molecule has 60 valence electrons. The van der Waals surface area contributed by atoms with Gasteiger partial charge in [0.15, 0.2) is 0 Å². The van der Waals surface area contributed by atoms with Crippen LogP contribution in [0.2, 0.25) is 0 Å². The van der Waals surface area contributed by atoms with Crippen molar-refractivity contribution in [2.45, 2.75) is 0 Å². The number of carboxylic acid groups (broad SMARTS) is 1. The van der Waals surface area contributed by atoms with Gasteiger partial charge in [0.1, 0.15) is 0 Å². The van der Waals surface area contributed by atoms with Gasteiger partial charge in [0.2, 0.25) is 0 Å². The van der Waals surface area contributed by atoms with Crippen molar-refractivity contribution in [2.75, 3.05) is 0 Å². The highest BCUT2D eigenvalue weighted by molar-refractivity contribution is 9.12. The number of carbonyl (C=O) groups is 1. The number of allylic oxidation sites excluding steroid dienone is 2. The fourth-order valence-corrected chi connectivity index (χ4v) is 1.14. The molecule has 2 nitrogen and oxygen atoms in total. The highest BCUT2D eigenvalue weighted by Gasteiger charge is 2.12. The first-order valence-electron chi connectivity index (χ1n) is 2.61. The van der Waals surface area contributed by atoms with Crippen molar-refractivity contribution in [3.8, 4) is 0 Å². The second-order valence-corrected chi connectivity index (χ2v) is 3.00. The van der Waals surface area contributed by atoms with Gasteiger partial charge in [0.25, 0.3) is 0 Å². The molecule has 11 heavy (non-hydrogen) atoms. The molecule has 0 aromatic heterocycles. The monoisotopic (exact) mass is 236 g/mol. The molecule has 4 heteroatoms. The Morgan fingerprint density at radius 3 is 2.18 bits per heavy atom. The Kier molecular flexibility index (Phi) is 4.15. The van der Waals surface area contributed by atoms with Crippen molar-refractivity contribution in [3.63, 3.8) is 0 Å². The molecule has 0 aliphatic heterocycles. The molecule has 0 aromatic rings. The molecular weight excluding hydrogens is 231 g/mol. The zero-order valence-corrected chi connectivity index (χ0v) is 7.94. The third-order valence-corrected chi connectivity index (χ3v) is 1.64. The average molecular weight is 237 g/mol. The van der Waals surface area contributed by atoms with Gasteiger partial charge in [-0.25, -0.2) is 4.79 Å². The Bertz CT molecular complexity index is 227. The number of carboxylic acids is 1. The number of hydrogen-bond acceptors (Lipinski definition) is 1. The first kappa shape index (κ1) is 10.5. The van der Waals surface area contributed by atoms with E-state index in [1.807, 2.05) is 0 Å². The van der Waals surface area contributed by atoms with Crippen molar-refractivity contribution in [3.05, 3.63) is 34.3 Å². The summed E-state index contributed by atoms with van der Waals surface area (Å²) >= 11 is 8.43. The molecule has 0 amide bonds. The van der Waals surface area contributed by atoms with Crippen LogP contribution < -0.4 is 0 Å². The lowest BCUT2D eigenvalue weighted by Crippen LogP contribution is -2.01. The van der Waals surface area contributed by atoms with Crippen LogP contribution in [0.25, 0.3) is 0 Å². The molecule has 0 atom stereocenters. The van der Waals surface area contributed by atoms with E-state index >= 15 is 0 Å². The molecule has 0 fully saturated rings. The summed E-state index contributed by atoms with van der Waals surface area (Å²) < 4.78 is 0.231. The Morgan fingerprint density at radius 1 is 1.64 bits per heavy atom. The molecule has 0 heterocycles. The maximum Gasteiger partial charge on any atom is 0.338 e. The van der Waals surface area contributed by atoms with E-state index in [0.717, 1.165) is 0 Å². The smallest absolute Gasteiger partial charge is 0.338 e. The first-order valence-corrected chi connectivity index (χ1v) is 3.78. The van der Waals surface area contributed by atoms with Gasteiger partial charge < -0.3 is 5.11 Å². The molecule has 0 saturated heterocycles. The summed E-state index contributed by atoms with van der Waals surface area (Å²) in [5, 5.41) is 8.63. The summed E-state index contributed by atoms with van der Waals surface area (Å²) in [6.07, 6.45) is 1.25. The molecule has 0 spiro atoms. The second kappa shape index (κ2) is 4.36. The summed E-state index contributed by atoms with van der Waals surface area (Å²) in [5.41, 5.74) is -0.0679. The fraction of sp³-hybridized carbons (Fsp3) is 0. The van der Waals surface area contributed by atoms with Gasteiger partial charge in [-0.3, -0.25) is 0 Å². The highest BCUT2D eigenvalue weighted by atomic mass is 79.9. The van der Waals surface area contributed by atoms with Gasteiger partial charge in [-0.1, -0.05) is 40.7 Å². The van der Waals surface area contributed by atoms with Crippen molar-refractivity contribution in [1.29, 1.82) is 0 Å². The van der Waals surface area contributed by atoms with Crippen LogP contribution in [0.1, 0.15) is 0 Å². The number of hydrogen-bond donors (Lipinski definition) is 1. The Hall–Kier alpha value is -0.540. The largest absolute Gasteiger partial charge is 0.478 e. The van der Waals surface area contributed by atoms with E-state index in [-0.39, 0.29) is 15.1 Å². The predicted molar refractivity (Wildman–Crippen MR) is 48.8 cm³/mol. The molecule has 1 N–H and O–H groups in total. The average Bonchev–Trinajstić information content (AvgIpc) is 1.85. The topological polar surface area (TPSA) is 37.3 Å². The van der Waals surface area contributed by atoms with Crippen LogP contribution in [0.4, 0.5) is 0 Å². The number of aliphatic carboxylic acids is 1. The maximum absolute atomic E-state index is 10.5. The van der Waals surface area contributed by atoms with E-state index in [1.54, 1.807) is 0 Å². The van der Waals surface area contributed by atoms with E-state index in [1.165, 1.54) is 6.08 Å². The summed E-state index contributed by atoms with van der Waals surface area (Å²) in [6.45, 7) is 6.72. The minimum absolute atomic E-state index is 0.0679. The van der Waals surface area contributed by atoms with Crippen LogP contribution in [0, 0.1) is 0 Å². The lowest BCUT2D eigenvalue weighted by Gasteiger charge is -1.99. The van der Waals surface area contributed by atoms with Gasteiger partial charge in [-0.15, -0.1) is 0 Å². The standard InChI is InChI=1S/C7H6BrClO2/c1-3-5(9)6(4(2)8)7(10)11/h3H,1-2H2,(H,10,11)/b6-5-. The van der Waals surface area contributed by atoms with Crippen LogP contribution in [-0.4, -0.2) is 11.1 Å². The fourth-order valence-electron chi connectivity index (χ4n) is 0.450. The zero-order chi connectivity index (χ0) is 9.02. The Morgan fingerprint density at radius 2 is 2.09 bits per heavy atom. The minimum atomic E-state index is -1.13. The minimum Gasteiger partial charge on any atom is -0.478 e. The van der Waals surface area contributed by atoms with Crippen molar-refractivity contribution in [2.24, 2.45) is 0 Å². The third kappa shape index (κ3) is 2.91. The van der Waals surface area contributed by atoms with Crippen LogP contribution in [0.3, 0.4) is 0 Å². The molecule has 0 rings (SSSR count). The van der Waals surface area contributed by atoms with E-state index < -0.39 is 5.97 Å². The molecule has 0 saturated carbocycles. The predicted octanol–water partition coefficient (Wildman–Crippen LogP) is 2.66. The lowest BCUT2D eigenvalue weighted by atomic mass is 10.2. The maximum atomic E-state index is 10.5. The molecule has 0 aliphatic carbocycles. The van der Waals surface area contributed by atoms with Gasteiger partial charge in [0, 0.05) is 4.48 Å². The summed E-state index contributed by atoms with van der Waals surface area (Å²) in [4.78, 5) is 10.5. The zero-order valence-electron chi connectivity index (χ0n) is 5.60. The van der Waals surface area contributed by atoms with Gasteiger partial charge in [0.05, 0.1) is 10.6 Å². The number of rotatable bonds is 3. The van der Waals surface area contributed by atoms with Crippen molar-refractivity contribution < 1.29 is 9.90 Å². The molecule has 0 bridgehead atoms. The lowest BCUT2D eigenvalue weighted by molar-refractivity contribution is -0.132. The normalized spacial score (nSPS) is 11.8. The van der Waals surface area contributed by atoms with E-state index in [2.05, 4.69) is 29.1 Å². The highest BCUT2D eigenvalue weighted by Crippen LogP contribution is 2.21. The quantitative estimate of drug-likeness (QED) is 0.605. The summed E-state index contributed by atoms with van der Waals surface area (Å²) in [6, 6.07) is 0. The first-order chi connectivity index (χ1) is 5.00. The van der Waals surface area contributed by atoms with Crippen molar-refractivity contribution in [1.82, 2.24) is 0 Å². The number of halogens is 2. The van der Waals surface area contributed by atoms with Gasteiger partial charge in [-0.2, -0.15) is 0 Å². The van der Waals surface area contributed by atoms with E-state index in [0.29, 0.717) is 0 Å². The molecule has 0 aromatic carbocycles. The Balaban J connectivity index is 5.04. The van der Waals surface area contributed by atoms with E-state index in [4.69, 9.17) is 16.7 Å². The summed E-state index contributed by atoms with van der Waals surface area (Å²) in [5.74, 6) is -1.13. The van der Waals surface area contributed by atoms with E-state index in [9.17, 15) is 4.79 Å². The van der Waals surface area contributed by atoms with Crippen molar-refractivity contribution >= 4 is 33.5 Å². The van der Waals surface area contributed by atoms with Gasteiger partial charge in [-0.05, 0) is 6.08 Å². The third-order valence-electron chi connectivity index (χ3n) is 0.903. The summed E-state index contributed by atoms with van der Waals surface area (Å²) in [7, 11) is 0. The van der Waals surface area contributed by atoms with Gasteiger partial charge >= 0.3 is 5.97 Å². The van der Waals surface area contributed by atoms with Crippen LogP contribution in [-0.2, 0) is 4.79 Å². The van der Waals surface area contributed by atoms with Crippen LogP contribution in [0.5, 0.6) is 0 Å². The molecule has 0 radical (unpaired) electrons. The van der Waals surface area contributed by atoms with Crippen LogP contribution in [0.15, 0.2) is 34.3 Å².